The number of hydrogen-bond donors (Lipinski definition) is 1. The minimum Gasteiger partial charge on any atom is -0.478 e. The van der Waals surface area contributed by atoms with Crippen LogP contribution in [-0.4, -0.2) is 35.0 Å². The maximum absolute atomic E-state index is 11.4. The van der Waals surface area contributed by atoms with E-state index >= 15 is 0 Å². The van der Waals surface area contributed by atoms with Crippen LogP contribution in [0.2, 0.25) is 0 Å². The van der Waals surface area contributed by atoms with Crippen LogP contribution < -0.4 is 0 Å². The molecule has 0 unspecified atom stereocenters. The third-order valence-electron chi connectivity index (χ3n) is 2.26. The van der Waals surface area contributed by atoms with Crippen LogP contribution in [0.25, 0.3) is 0 Å². The molecule has 1 rings (SSSR count). The van der Waals surface area contributed by atoms with Crippen molar-refractivity contribution in [3.05, 3.63) is 12.2 Å². The van der Waals surface area contributed by atoms with Crippen molar-refractivity contribution in [3.63, 3.8) is 0 Å². The van der Waals surface area contributed by atoms with Gasteiger partial charge in [0.1, 0.15) is 0 Å². The van der Waals surface area contributed by atoms with Gasteiger partial charge in [-0.2, -0.15) is 0 Å². The second-order valence-corrected chi connectivity index (χ2v) is 3.39. The second-order valence-electron chi connectivity index (χ2n) is 3.39. The number of carboxylic acids is 1. The molecule has 1 fully saturated rings. The van der Waals surface area contributed by atoms with Gasteiger partial charge in [-0.15, -0.1) is 0 Å². The first kappa shape index (κ1) is 10.8. The fraction of sp³-hybridized carbons (Fsp3) is 0.600. The molecule has 14 heavy (non-hydrogen) atoms. The molecule has 1 aliphatic heterocycles. The third kappa shape index (κ3) is 3.60. The molecule has 4 heteroatoms. The highest BCUT2D eigenvalue weighted by Gasteiger charge is 2.14. The lowest BCUT2D eigenvalue weighted by Gasteiger charge is -2.17. The molecule has 0 bridgehead atoms. The Balaban J connectivity index is 2.41. The van der Waals surface area contributed by atoms with E-state index in [-0.39, 0.29) is 5.91 Å². The molecule has 0 aromatic heterocycles. The summed E-state index contributed by atoms with van der Waals surface area (Å²) >= 11 is 0. The molecule has 0 saturated carbocycles. The normalized spacial score (nSPS) is 18.6. The lowest BCUT2D eigenvalue weighted by atomic mass is 10.2. The Labute approximate surface area is 83.2 Å². The number of carbonyl (C=O) groups is 2. The highest BCUT2D eigenvalue weighted by molar-refractivity contribution is 5.80. The molecule has 4 nitrogen and oxygen atoms in total. The van der Waals surface area contributed by atoms with Crippen molar-refractivity contribution in [3.8, 4) is 0 Å². The molecule has 0 spiro atoms. The summed E-state index contributed by atoms with van der Waals surface area (Å²) in [5, 5.41) is 8.37. The van der Waals surface area contributed by atoms with Crippen molar-refractivity contribution < 1.29 is 14.7 Å². The van der Waals surface area contributed by atoms with Gasteiger partial charge in [0.25, 0.3) is 0 Å². The van der Waals surface area contributed by atoms with E-state index in [4.69, 9.17) is 5.11 Å². The van der Waals surface area contributed by atoms with E-state index in [0.29, 0.717) is 13.0 Å². The Morgan fingerprint density at radius 2 is 2.21 bits per heavy atom. The first-order valence-corrected chi connectivity index (χ1v) is 4.87. The van der Waals surface area contributed by atoms with Crippen LogP contribution in [-0.2, 0) is 9.59 Å². The summed E-state index contributed by atoms with van der Waals surface area (Å²) in [6, 6.07) is 0. The van der Waals surface area contributed by atoms with E-state index in [1.807, 2.05) is 0 Å². The highest BCUT2D eigenvalue weighted by atomic mass is 16.4. The number of nitrogens with zero attached hydrogens (tertiary/aromatic N) is 1. The van der Waals surface area contributed by atoms with Gasteiger partial charge < -0.3 is 10.0 Å². The zero-order valence-corrected chi connectivity index (χ0v) is 8.11. The zero-order chi connectivity index (χ0) is 10.4. The van der Waals surface area contributed by atoms with Crippen LogP contribution in [0.3, 0.4) is 0 Å². The predicted octanol–water partition coefficient (Wildman–Crippen LogP) is 1.03. The molecule has 78 valence electrons. The van der Waals surface area contributed by atoms with E-state index in [0.717, 1.165) is 31.9 Å². The molecule has 0 atom stereocenters. The molecule has 0 aliphatic carbocycles. The first-order valence-electron chi connectivity index (χ1n) is 4.87. The number of rotatable bonds is 3. The molecular weight excluding hydrogens is 182 g/mol. The smallest absolute Gasteiger partial charge is 0.328 e. The molecule has 0 aromatic rings. The minimum absolute atomic E-state index is 0.137. The van der Waals surface area contributed by atoms with Gasteiger partial charge in [-0.1, -0.05) is 12.5 Å². The summed E-state index contributed by atoms with van der Waals surface area (Å²) in [5.41, 5.74) is 0. The van der Waals surface area contributed by atoms with E-state index < -0.39 is 5.97 Å². The summed E-state index contributed by atoms with van der Waals surface area (Å²) in [4.78, 5) is 23.3. The number of hydrogen-bond acceptors (Lipinski definition) is 2. The van der Waals surface area contributed by atoms with E-state index in [2.05, 4.69) is 0 Å². The van der Waals surface area contributed by atoms with Gasteiger partial charge in [-0.05, 0) is 12.8 Å². The van der Waals surface area contributed by atoms with Crippen molar-refractivity contribution in [1.82, 2.24) is 4.90 Å². The Morgan fingerprint density at radius 3 is 2.93 bits per heavy atom. The summed E-state index contributed by atoms with van der Waals surface area (Å²) in [6.07, 6.45) is 6.26. The Hall–Kier alpha value is -1.32. The van der Waals surface area contributed by atoms with Gasteiger partial charge in [-0.3, -0.25) is 4.79 Å². The van der Waals surface area contributed by atoms with Crippen molar-refractivity contribution in [2.24, 2.45) is 0 Å². The van der Waals surface area contributed by atoms with Gasteiger partial charge in [0, 0.05) is 25.6 Å². The van der Waals surface area contributed by atoms with Gasteiger partial charge in [-0.25, -0.2) is 4.79 Å². The monoisotopic (exact) mass is 197 g/mol. The first-order chi connectivity index (χ1) is 6.70. The standard InChI is InChI=1S/C10H15NO3/c12-9-5-2-1-3-7-11(9)8-4-6-10(13)14/h4,6H,1-3,5,7-8H2,(H,13,14). The van der Waals surface area contributed by atoms with Gasteiger partial charge in [0.05, 0.1) is 0 Å². The number of amides is 1. The number of carbonyl (C=O) groups excluding carboxylic acids is 1. The molecule has 1 heterocycles. The van der Waals surface area contributed by atoms with Crippen LogP contribution in [0.5, 0.6) is 0 Å². The van der Waals surface area contributed by atoms with Crippen molar-refractivity contribution in [1.29, 1.82) is 0 Å². The lowest BCUT2D eigenvalue weighted by molar-refractivity contribution is -0.132. The maximum atomic E-state index is 11.4. The Kier molecular flexibility index (Phi) is 4.16. The predicted molar refractivity (Wildman–Crippen MR) is 51.8 cm³/mol. The van der Waals surface area contributed by atoms with Crippen LogP contribution in [0.4, 0.5) is 0 Å². The van der Waals surface area contributed by atoms with Gasteiger partial charge in [0.2, 0.25) is 5.91 Å². The van der Waals surface area contributed by atoms with Crippen LogP contribution >= 0.6 is 0 Å². The number of carboxylic acid groups (broad SMARTS) is 1. The molecule has 1 aliphatic rings. The second kappa shape index (κ2) is 5.42. The fourth-order valence-electron chi connectivity index (χ4n) is 1.51. The SMILES string of the molecule is O=C(O)C=CCN1CCCCCC1=O. The van der Waals surface area contributed by atoms with E-state index in [1.165, 1.54) is 6.08 Å². The van der Waals surface area contributed by atoms with E-state index in [1.54, 1.807) is 4.90 Å². The van der Waals surface area contributed by atoms with Gasteiger partial charge in [0.15, 0.2) is 0 Å². The van der Waals surface area contributed by atoms with Crippen LogP contribution in [0.15, 0.2) is 12.2 Å². The topological polar surface area (TPSA) is 57.6 Å². The zero-order valence-electron chi connectivity index (χ0n) is 8.11. The molecule has 1 saturated heterocycles. The van der Waals surface area contributed by atoms with Crippen LogP contribution in [0.1, 0.15) is 25.7 Å². The average molecular weight is 197 g/mol. The highest BCUT2D eigenvalue weighted by Crippen LogP contribution is 2.10. The Bertz CT molecular complexity index is 248. The molecule has 1 amide bonds. The van der Waals surface area contributed by atoms with Crippen molar-refractivity contribution in [2.75, 3.05) is 13.1 Å². The summed E-state index contributed by atoms with van der Waals surface area (Å²) < 4.78 is 0. The average Bonchev–Trinajstić information content (AvgIpc) is 2.31. The summed E-state index contributed by atoms with van der Waals surface area (Å²) in [6.45, 7) is 1.17. The fourth-order valence-corrected chi connectivity index (χ4v) is 1.51. The largest absolute Gasteiger partial charge is 0.478 e. The Morgan fingerprint density at radius 1 is 1.43 bits per heavy atom. The van der Waals surface area contributed by atoms with Crippen LogP contribution in [0, 0.1) is 0 Å². The lowest BCUT2D eigenvalue weighted by Crippen LogP contribution is -2.30. The molecule has 1 N–H and O–H groups in total. The van der Waals surface area contributed by atoms with E-state index in [9.17, 15) is 9.59 Å². The summed E-state index contributed by atoms with van der Waals surface area (Å²) in [5.74, 6) is -0.829. The maximum Gasteiger partial charge on any atom is 0.328 e. The quantitative estimate of drug-likeness (QED) is 0.687. The minimum atomic E-state index is -0.965. The van der Waals surface area contributed by atoms with Crippen molar-refractivity contribution >= 4 is 11.9 Å². The molecule has 0 radical (unpaired) electrons. The van der Waals surface area contributed by atoms with Crippen molar-refractivity contribution in [2.45, 2.75) is 25.7 Å². The number of likely N-dealkylation sites (tertiary alicyclic amines) is 1. The van der Waals surface area contributed by atoms with Gasteiger partial charge >= 0.3 is 5.97 Å². The molecule has 0 aromatic carbocycles. The molecular formula is C10H15NO3. The summed E-state index contributed by atoms with van der Waals surface area (Å²) in [7, 11) is 0. The third-order valence-corrected chi connectivity index (χ3v) is 2.26. The number of aliphatic carboxylic acids is 1.